The summed E-state index contributed by atoms with van der Waals surface area (Å²) in [5, 5.41) is 3.21. The standard InChI is InChI=1S/C12H14F3N/c1-7-2-3-8(6-16-7)9-4-5-10(13)12(15)11(9)14/h4-5,7-8,16H,2-3,6H2,1H3. The van der Waals surface area contributed by atoms with Crippen molar-refractivity contribution in [3.05, 3.63) is 35.1 Å². The molecule has 1 aliphatic rings. The molecule has 1 fully saturated rings. The van der Waals surface area contributed by atoms with Crippen LogP contribution in [-0.4, -0.2) is 12.6 Å². The lowest BCUT2D eigenvalue weighted by Crippen LogP contribution is -2.36. The van der Waals surface area contributed by atoms with Crippen molar-refractivity contribution < 1.29 is 13.2 Å². The summed E-state index contributed by atoms with van der Waals surface area (Å²) in [6.45, 7) is 2.67. The molecular formula is C12H14F3N. The molecule has 0 aliphatic carbocycles. The summed E-state index contributed by atoms with van der Waals surface area (Å²) in [5.74, 6) is -3.60. The molecule has 2 atom stereocenters. The maximum Gasteiger partial charge on any atom is 0.194 e. The van der Waals surface area contributed by atoms with Crippen molar-refractivity contribution in [3.63, 3.8) is 0 Å². The van der Waals surface area contributed by atoms with Gasteiger partial charge < -0.3 is 5.32 Å². The van der Waals surface area contributed by atoms with E-state index in [4.69, 9.17) is 0 Å². The molecular weight excluding hydrogens is 215 g/mol. The SMILES string of the molecule is CC1CCC(c2ccc(F)c(F)c2F)CN1. The van der Waals surface area contributed by atoms with Gasteiger partial charge in [-0.25, -0.2) is 13.2 Å². The van der Waals surface area contributed by atoms with E-state index in [0.717, 1.165) is 18.9 Å². The largest absolute Gasteiger partial charge is 0.314 e. The van der Waals surface area contributed by atoms with Crippen LogP contribution in [0.25, 0.3) is 0 Å². The monoisotopic (exact) mass is 229 g/mol. The normalized spacial score (nSPS) is 25.8. The Balaban J connectivity index is 2.24. The number of piperidine rings is 1. The molecule has 1 aliphatic heterocycles. The Morgan fingerprint density at radius 1 is 1.12 bits per heavy atom. The Labute approximate surface area is 92.7 Å². The second-order valence-electron chi connectivity index (χ2n) is 4.35. The number of hydrogen-bond donors (Lipinski definition) is 1. The molecule has 88 valence electrons. The van der Waals surface area contributed by atoms with E-state index in [1.165, 1.54) is 6.07 Å². The van der Waals surface area contributed by atoms with Gasteiger partial charge in [0.05, 0.1) is 0 Å². The Bertz CT molecular complexity index is 384. The molecule has 1 aromatic rings. The molecule has 1 heterocycles. The van der Waals surface area contributed by atoms with Gasteiger partial charge in [-0.1, -0.05) is 6.07 Å². The van der Waals surface area contributed by atoms with E-state index < -0.39 is 17.5 Å². The molecule has 16 heavy (non-hydrogen) atoms. The topological polar surface area (TPSA) is 12.0 Å². The minimum absolute atomic E-state index is 0.0636. The van der Waals surface area contributed by atoms with Crippen molar-refractivity contribution in [1.29, 1.82) is 0 Å². The van der Waals surface area contributed by atoms with Gasteiger partial charge in [-0.15, -0.1) is 0 Å². The van der Waals surface area contributed by atoms with E-state index in [0.29, 0.717) is 12.6 Å². The van der Waals surface area contributed by atoms with Crippen molar-refractivity contribution in [1.82, 2.24) is 5.32 Å². The third-order valence-corrected chi connectivity index (χ3v) is 3.17. The van der Waals surface area contributed by atoms with Gasteiger partial charge in [-0.3, -0.25) is 0 Å². The van der Waals surface area contributed by atoms with Crippen LogP contribution >= 0.6 is 0 Å². The average Bonchev–Trinajstić information content (AvgIpc) is 2.28. The van der Waals surface area contributed by atoms with Crippen LogP contribution in [0.2, 0.25) is 0 Å². The molecule has 0 bridgehead atoms. The number of hydrogen-bond acceptors (Lipinski definition) is 1. The molecule has 0 amide bonds. The van der Waals surface area contributed by atoms with Crippen molar-refractivity contribution in [2.24, 2.45) is 0 Å². The summed E-state index contributed by atoms with van der Waals surface area (Å²) in [6, 6.07) is 2.74. The molecule has 0 spiro atoms. The minimum Gasteiger partial charge on any atom is -0.314 e. The van der Waals surface area contributed by atoms with E-state index in [2.05, 4.69) is 12.2 Å². The van der Waals surface area contributed by atoms with Crippen molar-refractivity contribution >= 4 is 0 Å². The first-order chi connectivity index (χ1) is 7.59. The fourth-order valence-electron chi connectivity index (χ4n) is 2.12. The number of rotatable bonds is 1. The highest BCUT2D eigenvalue weighted by atomic mass is 19.2. The van der Waals surface area contributed by atoms with E-state index in [-0.39, 0.29) is 11.5 Å². The lowest BCUT2D eigenvalue weighted by atomic mass is 9.89. The Hall–Kier alpha value is -1.03. The molecule has 1 N–H and O–H groups in total. The Kier molecular flexibility index (Phi) is 3.19. The summed E-state index contributed by atoms with van der Waals surface area (Å²) < 4.78 is 39.3. The zero-order chi connectivity index (χ0) is 11.7. The lowest BCUT2D eigenvalue weighted by Gasteiger charge is -2.28. The summed E-state index contributed by atoms with van der Waals surface area (Å²) >= 11 is 0. The zero-order valence-corrected chi connectivity index (χ0v) is 9.06. The van der Waals surface area contributed by atoms with E-state index in [1.807, 2.05) is 0 Å². The van der Waals surface area contributed by atoms with Gasteiger partial charge in [0, 0.05) is 12.6 Å². The first-order valence-electron chi connectivity index (χ1n) is 5.46. The highest BCUT2D eigenvalue weighted by Crippen LogP contribution is 2.28. The fraction of sp³-hybridized carbons (Fsp3) is 0.500. The van der Waals surface area contributed by atoms with Crippen molar-refractivity contribution in [2.45, 2.75) is 31.7 Å². The van der Waals surface area contributed by atoms with Gasteiger partial charge in [-0.2, -0.15) is 0 Å². The summed E-state index contributed by atoms with van der Waals surface area (Å²) in [4.78, 5) is 0. The van der Waals surface area contributed by atoms with E-state index >= 15 is 0 Å². The second-order valence-corrected chi connectivity index (χ2v) is 4.35. The van der Waals surface area contributed by atoms with Gasteiger partial charge in [0.2, 0.25) is 0 Å². The number of benzene rings is 1. The highest BCUT2D eigenvalue weighted by molar-refractivity contribution is 5.25. The number of halogens is 3. The van der Waals surface area contributed by atoms with Crippen LogP contribution in [0, 0.1) is 17.5 Å². The second kappa shape index (κ2) is 4.45. The maximum atomic E-state index is 13.5. The molecule has 0 saturated carbocycles. The first-order valence-corrected chi connectivity index (χ1v) is 5.46. The predicted octanol–water partition coefficient (Wildman–Crippen LogP) is 2.96. The third kappa shape index (κ3) is 2.07. The zero-order valence-electron chi connectivity index (χ0n) is 9.06. The van der Waals surface area contributed by atoms with Crippen LogP contribution in [-0.2, 0) is 0 Å². The molecule has 0 radical (unpaired) electrons. The van der Waals surface area contributed by atoms with Gasteiger partial charge in [0.15, 0.2) is 17.5 Å². The van der Waals surface area contributed by atoms with Crippen LogP contribution in [0.15, 0.2) is 12.1 Å². The first kappa shape index (κ1) is 11.5. The van der Waals surface area contributed by atoms with Gasteiger partial charge >= 0.3 is 0 Å². The lowest BCUT2D eigenvalue weighted by molar-refractivity contribution is 0.368. The van der Waals surface area contributed by atoms with E-state index in [9.17, 15) is 13.2 Å². The Morgan fingerprint density at radius 2 is 1.88 bits per heavy atom. The average molecular weight is 229 g/mol. The quantitative estimate of drug-likeness (QED) is 0.730. The predicted molar refractivity (Wildman–Crippen MR) is 55.8 cm³/mol. The molecule has 0 aromatic heterocycles. The van der Waals surface area contributed by atoms with Crippen LogP contribution < -0.4 is 5.32 Å². The maximum absolute atomic E-state index is 13.5. The Morgan fingerprint density at radius 3 is 2.50 bits per heavy atom. The molecule has 2 unspecified atom stereocenters. The van der Waals surface area contributed by atoms with Gasteiger partial charge in [0.1, 0.15) is 0 Å². The number of nitrogens with one attached hydrogen (secondary N) is 1. The van der Waals surface area contributed by atoms with Crippen LogP contribution in [0.4, 0.5) is 13.2 Å². The minimum atomic E-state index is -1.36. The molecule has 1 saturated heterocycles. The fourth-order valence-corrected chi connectivity index (χ4v) is 2.12. The van der Waals surface area contributed by atoms with Crippen LogP contribution in [0.5, 0.6) is 0 Å². The summed E-state index contributed by atoms with van der Waals surface area (Å²) in [5.41, 5.74) is 0.276. The molecule has 1 aromatic carbocycles. The molecule has 1 nitrogen and oxygen atoms in total. The smallest absolute Gasteiger partial charge is 0.194 e. The third-order valence-electron chi connectivity index (χ3n) is 3.17. The van der Waals surface area contributed by atoms with Gasteiger partial charge in [0.25, 0.3) is 0 Å². The molecule has 4 heteroatoms. The highest BCUT2D eigenvalue weighted by Gasteiger charge is 2.24. The van der Waals surface area contributed by atoms with Crippen LogP contribution in [0.1, 0.15) is 31.2 Å². The van der Waals surface area contributed by atoms with Crippen molar-refractivity contribution in [2.75, 3.05) is 6.54 Å². The van der Waals surface area contributed by atoms with E-state index in [1.54, 1.807) is 0 Å². The summed E-state index contributed by atoms with van der Waals surface area (Å²) in [7, 11) is 0. The van der Waals surface area contributed by atoms with Crippen LogP contribution in [0.3, 0.4) is 0 Å². The van der Waals surface area contributed by atoms with Gasteiger partial charge in [-0.05, 0) is 37.3 Å². The molecule has 2 rings (SSSR count). The van der Waals surface area contributed by atoms with Crippen molar-refractivity contribution in [3.8, 4) is 0 Å². The summed E-state index contributed by atoms with van der Waals surface area (Å²) in [6.07, 6.45) is 1.72.